The number of fused-ring (bicyclic) bond motifs is 2. The summed E-state index contributed by atoms with van der Waals surface area (Å²) >= 11 is 0. The van der Waals surface area contributed by atoms with Gasteiger partial charge in [-0.3, -0.25) is 0 Å². The average Bonchev–Trinajstić information content (AvgIpc) is 3.01. The zero-order chi connectivity index (χ0) is 14.4. The van der Waals surface area contributed by atoms with Gasteiger partial charge in [0.05, 0.1) is 10.7 Å². The highest BCUT2D eigenvalue weighted by molar-refractivity contribution is 5.92. The largest absolute Gasteiger partial charge is 0.494 e. The van der Waals surface area contributed by atoms with Crippen LogP contribution < -0.4 is 10.7 Å². The number of hydrogen-bond acceptors (Lipinski definition) is 3. The predicted molar refractivity (Wildman–Crippen MR) is 76.7 cm³/mol. The van der Waals surface area contributed by atoms with E-state index in [1.165, 1.54) is 12.1 Å². The quantitative estimate of drug-likeness (QED) is 0.705. The minimum atomic E-state index is -0.357. The second-order valence-electron chi connectivity index (χ2n) is 4.79. The van der Waals surface area contributed by atoms with Crippen LogP contribution in [0, 0.1) is 5.82 Å². The van der Waals surface area contributed by atoms with Gasteiger partial charge in [0.2, 0.25) is 0 Å². The van der Waals surface area contributed by atoms with E-state index in [4.69, 9.17) is 0 Å². The molecule has 0 unspecified atom stereocenters. The van der Waals surface area contributed by atoms with Gasteiger partial charge in [0.1, 0.15) is 5.82 Å². The highest BCUT2D eigenvalue weighted by Crippen LogP contribution is 2.30. The molecule has 21 heavy (non-hydrogen) atoms. The fraction of sp³-hybridized carbons (Fsp3) is 0. The molecule has 0 saturated heterocycles. The molecule has 5 heteroatoms. The highest BCUT2D eigenvalue weighted by Gasteiger charge is 2.11. The molecule has 2 N–H and O–H groups in total. The second-order valence-corrected chi connectivity index (χ2v) is 4.79. The number of halogens is 1. The first-order chi connectivity index (χ1) is 10.2. The molecular weight excluding hydrogens is 269 g/mol. The molecule has 0 bridgehead atoms. The van der Waals surface area contributed by atoms with Gasteiger partial charge >= 0.3 is 0 Å². The Kier molecular flexibility index (Phi) is 2.41. The van der Waals surface area contributed by atoms with Crippen molar-refractivity contribution in [3.8, 4) is 5.88 Å². The van der Waals surface area contributed by atoms with Gasteiger partial charge in [-0.1, -0.05) is 12.1 Å². The summed E-state index contributed by atoms with van der Waals surface area (Å²) in [7, 11) is 0. The Morgan fingerprint density at radius 3 is 2.48 bits per heavy atom. The number of nitrogens with one attached hydrogen (secondary N) is 1. The minimum absolute atomic E-state index is 0.0237. The number of nitrogens with zero attached hydrogens (tertiary/aromatic N) is 2. The van der Waals surface area contributed by atoms with Crippen LogP contribution in [-0.4, -0.2) is 10.1 Å². The monoisotopic (exact) mass is 279 g/mol. The Balaban J connectivity index is 1.93. The smallest absolute Gasteiger partial charge is 0.197 e. The van der Waals surface area contributed by atoms with Crippen molar-refractivity contribution in [2.45, 2.75) is 0 Å². The average molecular weight is 279 g/mol. The van der Waals surface area contributed by atoms with Crippen LogP contribution >= 0.6 is 0 Å². The number of H-pyrrole nitrogens is 1. The molecule has 0 amide bonds. The topological polar surface area (TPSA) is 60.7 Å². The van der Waals surface area contributed by atoms with Crippen molar-refractivity contribution in [3.05, 3.63) is 70.4 Å². The van der Waals surface area contributed by atoms with Crippen molar-refractivity contribution >= 4 is 17.0 Å². The maximum atomic E-state index is 13.4. The first-order valence-electron chi connectivity index (χ1n) is 6.45. The van der Waals surface area contributed by atoms with E-state index in [0.29, 0.717) is 22.3 Å². The van der Waals surface area contributed by atoms with Crippen molar-refractivity contribution in [3.63, 3.8) is 0 Å². The summed E-state index contributed by atoms with van der Waals surface area (Å²) in [5.74, 6) is 0.103. The van der Waals surface area contributed by atoms with Crippen LogP contribution in [0.15, 0.2) is 58.3 Å². The molecule has 0 aliphatic carbocycles. The van der Waals surface area contributed by atoms with Gasteiger partial charge in [-0.2, -0.15) is 0 Å². The summed E-state index contributed by atoms with van der Waals surface area (Å²) in [5.41, 5.74) is 1.15. The molecule has 0 fully saturated rings. The van der Waals surface area contributed by atoms with Crippen LogP contribution in [0.2, 0.25) is 0 Å². The van der Waals surface area contributed by atoms with Gasteiger partial charge < -0.3 is 10.1 Å². The van der Waals surface area contributed by atoms with E-state index in [-0.39, 0.29) is 11.7 Å². The van der Waals surface area contributed by atoms with E-state index in [1.807, 2.05) is 24.3 Å². The number of benzene rings is 2. The number of aromatic hydroxyl groups is 1. The Bertz CT molecular complexity index is 981. The normalized spacial score (nSPS) is 12.9. The van der Waals surface area contributed by atoms with Crippen molar-refractivity contribution in [1.82, 2.24) is 4.98 Å². The van der Waals surface area contributed by atoms with Crippen LogP contribution in [0.1, 0.15) is 5.56 Å². The number of aromatic nitrogens is 1. The van der Waals surface area contributed by atoms with Crippen molar-refractivity contribution in [1.29, 1.82) is 0 Å². The molecule has 1 aliphatic heterocycles. The van der Waals surface area contributed by atoms with Gasteiger partial charge in [-0.05, 0) is 36.4 Å². The third-order valence-electron chi connectivity index (χ3n) is 3.41. The maximum absolute atomic E-state index is 13.4. The number of para-hydroxylation sites is 2. The first kappa shape index (κ1) is 11.8. The summed E-state index contributed by atoms with van der Waals surface area (Å²) < 4.78 is 13.4. The summed E-state index contributed by atoms with van der Waals surface area (Å²) in [4.78, 5) is 11.6. The highest BCUT2D eigenvalue weighted by atomic mass is 19.1. The van der Waals surface area contributed by atoms with Crippen LogP contribution in [0.4, 0.5) is 4.39 Å². The van der Waals surface area contributed by atoms with Crippen LogP contribution in [0.5, 0.6) is 5.88 Å². The summed E-state index contributed by atoms with van der Waals surface area (Å²) in [6, 6.07) is 11.8. The lowest BCUT2D eigenvalue weighted by Gasteiger charge is -1.94. The zero-order valence-electron chi connectivity index (χ0n) is 10.8. The van der Waals surface area contributed by atoms with Gasteiger partial charge in [0, 0.05) is 16.5 Å². The zero-order valence-corrected chi connectivity index (χ0v) is 10.8. The summed E-state index contributed by atoms with van der Waals surface area (Å²) in [5, 5.41) is 12.2. The van der Waals surface area contributed by atoms with E-state index in [1.54, 1.807) is 12.1 Å². The Hall–Kier alpha value is -2.95. The summed E-state index contributed by atoms with van der Waals surface area (Å²) in [6.45, 7) is 0. The Labute approximate surface area is 118 Å². The lowest BCUT2D eigenvalue weighted by atomic mass is 10.1. The third-order valence-corrected chi connectivity index (χ3v) is 3.41. The fourth-order valence-corrected chi connectivity index (χ4v) is 2.44. The third kappa shape index (κ3) is 1.90. The minimum Gasteiger partial charge on any atom is -0.494 e. The molecule has 3 aromatic rings. The standard InChI is InChI=1S/C16H10FN3O/c17-9-5-6-12-10(7-9)11(16(21)20-12)8-15-18-13-3-1-2-4-14(13)19-15/h1-8,20-21H. The number of aromatic amines is 1. The molecule has 1 aromatic heterocycles. The molecule has 102 valence electrons. The first-order valence-corrected chi connectivity index (χ1v) is 6.45. The molecule has 0 saturated carbocycles. The van der Waals surface area contributed by atoms with Crippen LogP contribution in [0.3, 0.4) is 0 Å². The van der Waals surface area contributed by atoms with Gasteiger partial charge in [-0.25, -0.2) is 14.4 Å². The molecule has 4 rings (SSSR count). The van der Waals surface area contributed by atoms with Crippen molar-refractivity contribution < 1.29 is 9.50 Å². The molecular formula is C16H10FN3O. The molecule has 2 aromatic carbocycles. The molecule has 2 heterocycles. The lowest BCUT2D eigenvalue weighted by Crippen LogP contribution is -2.19. The van der Waals surface area contributed by atoms with Crippen LogP contribution in [0.25, 0.3) is 17.0 Å². The van der Waals surface area contributed by atoms with E-state index in [0.717, 1.165) is 10.7 Å². The van der Waals surface area contributed by atoms with Gasteiger partial charge in [-0.15, -0.1) is 0 Å². The van der Waals surface area contributed by atoms with Crippen molar-refractivity contribution in [2.24, 2.45) is 9.98 Å². The maximum Gasteiger partial charge on any atom is 0.197 e. The van der Waals surface area contributed by atoms with E-state index in [2.05, 4.69) is 15.0 Å². The molecule has 4 nitrogen and oxygen atoms in total. The Morgan fingerprint density at radius 2 is 1.76 bits per heavy atom. The fourth-order valence-electron chi connectivity index (χ4n) is 2.44. The molecule has 0 radical (unpaired) electrons. The summed E-state index contributed by atoms with van der Waals surface area (Å²) in [6.07, 6.45) is 1.65. The second kappa shape index (κ2) is 4.28. The van der Waals surface area contributed by atoms with E-state index < -0.39 is 0 Å². The van der Waals surface area contributed by atoms with Gasteiger partial charge in [0.15, 0.2) is 11.7 Å². The SMILES string of the molecule is Oc1[nH]c2ccc(F)cc2c1C=C1N=c2ccccc2=N1. The van der Waals surface area contributed by atoms with E-state index in [9.17, 15) is 9.50 Å². The lowest BCUT2D eigenvalue weighted by molar-refractivity contribution is 0.457. The molecule has 0 atom stereocenters. The number of hydrogen-bond donors (Lipinski definition) is 2. The van der Waals surface area contributed by atoms with Crippen molar-refractivity contribution in [2.75, 3.05) is 0 Å². The van der Waals surface area contributed by atoms with Gasteiger partial charge in [0.25, 0.3) is 0 Å². The number of rotatable bonds is 1. The molecule has 1 aliphatic rings. The predicted octanol–water partition coefficient (Wildman–Crippen LogP) is 2.26. The Morgan fingerprint density at radius 1 is 1.05 bits per heavy atom. The van der Waals surface area contributed by atoms with E-state index >= 15 is 0 Å². The molecule has 0 spiro atoms. The van der Waals surface area contributed by atoms with Crippen LogP contribution in [-0.2, 0) is 0 Å².